The molecule has 3 unspecified atom stereocenters. The van der Waals surface area contributed by atoms with Crippen LogP contribution in [0.2, 0.25) is 0 Å². The van der Waals surface area contributed by atoms with Gasteiger partial charge in [-0.2, -0.15) is 13.2 Å². The van der Waals surface area contributed by atoms with E-state index in [1.807, 2.05) is 6.92 Å². The van der Waals surface area contributed by atoms with Crippen molar-refractivity contribution in [3.05, 3.63) is 12.7 Å². The number of aliphatic hydroxyl groups excluding tert-OH is 1. The number of esters is 2. The number of nitrogens with zero attached hydrogens (tertiary/aromatic N) is 1. The number of carbonyl (C=O) groups excluding carboxylic acids is 3. The fourth-order valence-corrected chi connectivity index (χ4v) is 3.01. The lowest BCUT2D eigenvalue weighted by molar-refractivity contribution is -0.203. The number of rotatable bonds is 8. The summed E-state index contributed by atoms with van der Waals surface area (Å²) in [7, 11) is 0. The third-order valence-corrected chi connectivity index (χ3v) is 4.56. The van der Waals surface area contributed by atoms with Gasteiger partial charge < -0.3 is 15.2 Å². The van der Waals surface area contributed by atoms with Crippen molar-refractivity contribution >= 4 is 17.8 Å². The van der Waals surface area contributed by atoms with E-state index in [4.69, 9.17) is 0 Å². The lowest BCUT2D eigenvalue weighted by Gasteiger charge is -2.29. The summed E-state index contributed by atoms with van der Waals surface area (Å²) in [6.45, 7) is 7.31. The number of carbonyl (C=O) groups is 3. The molecule has 0 aromatic carbocycles. The second-order valence-corrected chi connectivity index (χ2v) is 6.58. The number of hydrogen-bond donors (Lipinski definition) is 2. The number of hydrogen-bond acceptors (Lipinski definition) is 6. The van der Waals surface area contributed by atoms with Gasteiger partial charge in [0.25, 0.3) is 0 Å². The molecule has 7 nitrogen and oxygen atoms in total. The van der Waals surface area contributed by atoms with Crippen molar-refractivity contribution in [3.8, 4) is 0 Å². The number of alkyl halides is 3. The zero-order chi connectivity index (χ0) is 20.8. The summed E-state index contributed by atoms with van der Waals surface area (Å²) in [5, 5.41) is 12.7. The highest BCUT2D eigenvalue weighted by Gasteiger charge is 2.45. The summed E-state index contributed by atoms with van der Waals surface area (Å²) in [5.41, 5.74) is 0. The number of likely N-dealkylation sites (tertiary alicyclic amines) is 1. The van der Waals surface area contributed by atoms with E-state index in [-0.39, 0.29) is 37.3 Å². The van der Waals surface area contributed by atoms with Crippen LogP contribution in [0.1, 0.15) is 26.7 Å². The fourth-order valence-electron chi connectivity index (χ4n) is 3.01. The van der Waals surface area contributed by atoms with Gasteiger partial charge in [-0.3, -0.25) is 9.69 Å². The number of amides is 1. The summed E-state index contributed by atoms with van der Waals surface area (Å²) < 4.78 is 41.0. The Labute approximate surface area is 155 Å². The smallest absolute Gasteiger partial charge is 0.391 e. The van der Waals surface area contributed by atoms with Gasteiger partial charge >= 0.3 is 18.1 Å². The van der Waals surface area contributed by atoms with Crippen molar-refractivity contribution in [1.82, 2.24) is 10.2 Å². The van der Waals surface area contributed by atoms with Crippen molar-refractivity contribution in [3.63, 3.8) is 0 Å². The largest absolute Gasteiger partial charge is 0.491 e. The van der Waals surface area contributed by atoms with Crippen LogP contribution in [0.15, 0.2) is 12.7 Å². The molecule has 0 aliphatic carbocycles. The van der Waals surface area contributed by atoms with Crippen LogP contribution in [-0.2, 0) is 19.1 Å². The van der Waals surface area contributed by atoms with Crippen molar-refractivity contribution in [2.45, 2.75) is 45.0 Å². The van der Waals surface area contributed by atoms with Crippen LogP contribution in [0.3, 0.4) is 0 Å². The zero-order valence-corrected chi connectivity index (χ0v) is 15.3. The van der Waals surface area contributed by atoms with Crippen LogP contribution in [0.5, 0.6) is 0 Å². The Morgan fingerprint density at radius 3 is 2.52 bits per heavy atom. The first-order valence-electron chi connectivity index (χ1n) is 8.61. The quantitative estimate of drug-likeness (QED) is 0.363. The monoisotopic (exact) mass is 394 g/mol. The molecule has 0 spiro atoms. The molecule has 0 radical (unpaired) electrons. The highest BCUT2D eigenvalue weighted by atomic mass is 19.4. The minimum Gasteiger partial charge on any atom is -0.391 e. The Morgan fingerprint density at radius 1 is 1.41 bits per heavy atom. The maximum absolute atomic E-state index is 12.3. The highest BCUT2D eigenvalue weighted by Crippen LogP contribution is 2.28. The van der Waals surface area contributed by atoms with E-state index in [0.717, 1.165) is 0 Å². The normalized spacial score (nSPS) is 22.7. The van der Waals surface area contributed by atoms with Gasteiger partial charge in [0.1, 0.15) is 6.04 Å². The Balaban J connectivity index is 2.81. The first kappa shape index (κ1) is 23.1. The fraction of sp³-hybridized carbons (Fsp3) is 0.706. The van der Waals surface area contributed by atoms with E-state index in [9.17, 15) is 32.7 Å². The maximum Gasteiger partial charge on any atom is 0.491 e. The average molecular weight is 394 g/mol. The summed E-state index contributed by atoms with van der Waals surface area (Å²) in [6, 6.07) is -1.04. The summed E-state index contributed by atoms with van der Waals surface area (Å²) in [5.74, 6) is -4.62. The van der Waals surface area contributed by atoms with E-state index in [1.165, 1.54) is 6.92 Å². The van der Waals surface area contributed by atoms with Gasteiger partial charge in [0.05, 0.1) is 6.10 Å². The van der Waals surface area contributed by atoms with E-state index in [1.54, 1.807) is 11.0 Å². The molecular weight excluding hydrogens is 369 g/mol. The zero-order valence-electron chi connectivity index (χ0n) is 15.3. The predicted molar refractivity (Wildman–Crippen MR) is 89.3 cm³/mol. The van der Waals surface area contributed by atoms with Gasteiger partial charge in [-0.15, -0.1) is 6.58 Å². The van der Waals surface area contributed by atoms with Crippen LogP contribution < -0.4 is 5.32 Å². The summed E-state index contributed by atoms with van der Waals surface area (Å²) in [6.07, 6.45) is -3.88. The van der Waals surface area contributed by atoms with E-state index < -0.39 is 30.3 Å². The molecule has 1 heterocycles. The SMILES string of the molecule is C=CC1CC(C(=O)OC(=O)C(F)(F)F)N(C[C@@H](CC)C(O)CNC(C)=O)C1. The third kappa shape index (κ3) is 6.94. The summed E-state index contributed by atoms with van der Waals surface area (Å²) >= 11 is 0. The molecule has 1 aliphatic rings. The van der Waals surface area contributed by atoms with E-state index in [2.05, 4.69) is 16.6 Å². The van der Waals surface area contributed by atoms with Crippen molar-refractivity contribution in [2.24, 2.45) is 11.8 Å². The van der Waals surface area contributed by atoms with Gasteiger partial charge in [-0.1, -0.05) is 13.0 Å². The Kier molecular flexibility index (Phi) is 8.42. The first-order chi connectivity index (χ1) is 12.5. The van der Waals surface area contributed by atoms with Crippen molar-refractivity contribution < 1.29 is 37.4 Å². The lowest BCUT2D eigenvalue weighted by Crippen LogP contribution is -2.45. The lowest BCUT2D eigenvalue weighted by atomic mass is 9.98. The minimum atomic E-state index is -5.25. The Bertz CT molecular complexity index is 567. The van der Waals surface area contributed by atoms with Crippen LogP contribution in [0.4, 0.5) is 13.2 Å². The highest BCUT2D eigenvalue weighted by molar-refractivity contribution is 5.91. The van der Waals surface area contributed by atoms with Crippen molar-refractivity contribution in [2.75, 3.05) is 19.6 Å². The molecule has 10 heteroatoms. The standard InChI is InChI=1S/C17H25F3N2O5/c1-4-11-6-13(15(25)27-16(26)17(18,19)20)22(8-11)9-12(5-2)14(24)7-21-10(3)23/h4,11-14,24H,1,5-9H2,2-3H3,(H,21,23)/t11?,12-,13?,14?/m1/s1. The predicted octanol–water partition coefficient (Wildman–Crippen LogP) is 1.02. The summed E-state index contributed by atoms with van der Waals surface area (Å²) in [4.78, 5) is 35.6. The van der Waals surface area contributed by atoms with Crippen molar-refractivity contribution in [1.29, 1.82) is 0 Å². The number of halogens is 3. The van der Waals surface area contributed by atoms with Gasteiger partial charge in [0.2, 0.25) is 5.91 Å². The van der Waals surface area contributed by atoms with Gasteiger partial charge in [-0.25, -0.2) is 9.59 Å². The average Bonchev–Trinajstić information content (AvgIpc) is 2.99. The van der Waals surface area contributed by atoms with E-state index in [0.29, 0.717) is 13.0 Å². The minimum absolute atomic E-state index is 0.0221. The molecule has 27 heavy (non-hydrogen) atoms. The molecule has 0 bridgehead atoms. The van der Waals surface area contributed by atoms with Crippen LogP contribution in [-0.4, -0.2) is 65.8 Å². The molecule has 1 fully saturated rings. The second-order valence-electron chi connectivity index (χ2n) is 6.58. The second kappa shape index (κ2) is 9.84. The molecule has 2 N–H and O–H groups in total. The van der Waals surface area contributed by atoms with Crippen LogP contribution in [0, 0.1) is 11.8 Å². The maximum atomic E-state index is 12.3. The molecule has 154 valence electrons. The Hall–Kier alpha value is -1.94. The topological polar surface area (TPSA) is 95.9 Å². The molecule has 0 aromatic rings. The van der Waals surface area contributed by atoms with Gasteiger partial charge in [0, 0.05) is 26.6 Å². The number of aliphatic hydroxyl groups is 1. The van der Waals surface area contributed by atoms with E-state index >= 15 is 0 Å². The van der Waals surface area contributed by atoms with Crippen LogP contribution >= 0.6 is 0 Å². The molecule has 1 rings (SSSR count). The molecule has 1 amide bonds. The van der Waals surface area contributed by atoms with Crippen LogP contribution in [0.25, 0.3) is 0 Å². The molecular formula is C17H25F3N2O5. The van der Waals surface area contributed by atoms with Gasteiger partial charge in [0.15, 0.2) is 0 Å². The number of ether oxygens (including phenoxy) is 1. The number of nitrogens with one attached hydrogen (secondary N) is 1. The molecule has 1 saturated heterocycles. The third-order valence-electron chi connectivity index (χ3n) is 4.56. The molecule has 0 saturated carbocycles. The Morgan fingerprint density at radius 2 is 2.04 bits per heavy atom. The first-order valence-corrected chi connectivity index (χ1v) is 8.61. The van der Waals surface area contributed by atoms with Gasteiger partial charge in [-0.05, 0) is 24.7 Å². The molecule has 1 aliphatic heterocycles. The molecule has 0 aromatic heterocycles. The molecule has 4 atom stereocenters.